The third-order valence-electron chi connectivity index (χ3n) is 4.33. The number of benzene rings is 1. The van der Waals surface area contributed by atoms with E-state index in [4.69, 9.17) is 13.6 Å². The monoisotopic (exact) mass is 350 g/mol. The van der Waals surface area contributed by atoms with Crippen molar-refractivity contribution >= 4 is 17.1 Å². The topological polar surface area (TPSA) is 70.4 Å². The van der Waals surface area contributed by atoms with Gasteiger partial charge in [-0.25, -0.2) is 9.78 Å². The lowest BCUT2D eigenvalue weighted by atomic mass is 10.2. The van der Waals surface area contributed by atoms with Crippen molar-refractivity contribution in [2.45, 2.75) is 20.4 Å². The first-order chi connectivity index (χ1) is 12.6. The zero-order valence-electron chi connectivity index (χ0n) is 14.8. The van der Waals surface area contributed by atoms with Crippen molar-refractivity contribution in [3.8, 4) is 11.5 Å². The number of aromatic nitrogens is 2. The van der Waals surface area contributed by atoms with Gasteiger partial charge in [-0.05, 0) is 26.0 Å². The maximum atomic E-state index is 12.2. The molecule has 0 aliphatic heterocycles. The molecular formula is C20H18N2O4. The molecule has 26 heavy (non-hydrogen) atoms. The van der Waals surface area contributed by atoms with Gasteiger partial charge in [-0.15, -0.1) is 0 Å². The molecule has 3 aromatic heterocycles. The van der Waals surface area contributed by atoms with Gasteiger partial charge in [0.15, 0.2) is 5.58 Å². The molecule has 4 aromatic rings. The molecule has 4 rings (SSSR count). The Hall–Kier alpha value is -3.28. The number of carbonyl (C=O) groups excluding carboxylic acids is 1. The maximum Gasteiger partial charge on any atom is 0.354 e. The Morgan fingerprint density at radius 2 is 1.92 bits per heavy atom. The van der Waals surface area contributed by atoms with Gasteiger partial charge in [-0.2, -0.15) is 0 Å². The molecule has 1 aromatic carbocycles. The molecule has 0 radical (unpaired) electrons. The lowest BCUT2D eigenvalue weighted by molar-refractivity contribution is 0.0589. The lowest BCUT2D eigenvalue weighted by Crippen LogP contribution is -2.12. The second-order valence-electron chi connectivity index (χ2n) is 6.10. The molecule has 0 aliphatic carbocycles. The number of hydrogen-bond donors (Lipinski definition) is 0. The molecule has 6 heteroatoms. The first kappa shape index (κ1) is 16.2. The van der Waals surface area contributed by atoms with Crippen LogP contribution < -0.4 is 0 Å². The van der Waals surface area contributed by atoms with Crippen LogP contribution in [0.2, 0.25) is 0 Å². The smallest absolute Gasteiger partial charge is 0.354 e. The molecule has 0 bridgehead atoms. The van der Waals surface area contributed by atoms with Gasteiger partial charge in [0, 0.05) is 17.7 Å². The molecule has 132 valence electrons. The summed E-state index contributed by atoms with van der Waals surface area (Å²) >= 11 is 0. The van der Waals surface area contributed by atoms with Crippen LogP contribution in [-0.2, 0) is 11.3 Å². The van der Waals surface area contributed by atoms with Gasteiger partial charge in [0.25, 0.3) is 0 Å². The third-order valence-corrected chi connectivity index (χ3v) is 4.33. The molecule has 0 saturated carbocycles. The quantitative estimate of drug-likeness (QED) is 0.512. The van der Waals surface area contributed by atoms with E-state index in [0.717, 1.165) is 22.5 Å². The van der Waals surface area contributed by atoms with E-state index in [0.29, 0.717) is 29.5 Å². The Bertz CT molecular complexity index is 1090. The van der Waals surface area contributed by atoms with Crippen LogP contribution in [0.5, 0.6) is 0 Å². The average molecular weight is 350 g/mol. The second kappa shape index (κ2) is 6.22. The zero-order valence-corrected chi connectivity index (χ0v) is 14.8. The summed E-state index contributed by atoms with van der Waals surface area (Å²) in [7, 11) is 1.36. The normalized spacial score (nSPS) is 11.2. The summed E-state index contributed by atoms with van der Waals surface area (Å²) in [5.74, 6) is 1.63. The van der Waals surface area contributed by atoms with Gasteiger partial charge in [0.1, 0.15) is 22.9 Å². The van der Waals surface area contributed by atoms with Crippen LogP contribution >= 0.6 is 0 Å². The van der Waals surface area contributed by atoms with Crippen molar-refractivity contribution in [1.29, 1.82) is 0 Å². The van der Waals surface area contributed by atoms with Crippen molar-refractivity contribution in [3.05, 3.63) is 65.4 Å². The van der Waals surface area contributed by atoms with Gasteiger partial charge in [-0.3, -0.25) is 0 Å². The van der Waals surface area contributed by atoms with Crippen molar-refractivity contribution in [2.75, 3.05) is 7.11 Å². The number of oxazole rings is 1. The molecule has 3 heterocycles. The number of fused-ring (bicyclic) bond motifs is 1. The predicted molar refractivity (Wildman–Crippen MR) is 96.1 cm³/mol. The van der Waals surface area contributed by atoms with Crippen molar-refractivity contribution in [2.24, 2.45) is 0 Å². The highest BCUT2D eigenvalue weighted by atomic mass is 16.5. The number of aryl methyl sites for hydroxylation is 2. The molecular weight excluding hydrogens is 332 g/mol. The fourth-order valence-corrected chi connectivity index (χ4v) is 3.04. The minimum absolute atomic E-state index is 0.384. The van der Waals surface area contributed by atoms with E-state index in [1.807, 2.05) is 54.8 Å². The van der Waals surface area contributed by atoms with Crippen LogP contribution in [-0.4, -0.2) is 22.6 Å². The summed E-state index contributed by atoms with van der Waals surface area (Å²) in [6.45, 7) is 4.12. The number of ether oxygens (including phenoxy) is 1. The number of rotatable bonds is 4. The Kier molecular flexibility index (Phi) is 3.88. The van der Waals surface area contributed by atoms with Gasteiger partial charge in [-0.1, -0.05) is 18.2 Å². The first-order valence-electron chi connectivity index (χ1n) is 8.26. The summed E-state index contributed by atoms with van der Waals surface area (Å²) in [5, 5.41) is 0. The lowest BCUT2D eigenvalue weighted by Gasteiger charge is -2.07. The highest BCUT2D eigenvalue weighted by Gasteiger charge is 2.21. The van der Waals surface area contributed by atoms with E-state index in [-0.39, 0.29) is 0 Å². The fraction of sp³-hybridized carbons (Fsp3) is 0.200. The average Bonchev–Trinajstić information content (AvgIpc) is 3.29. The Morgan fingerprint density at radius 1 is 1.15 bits per heavy atom. The Labute approximate surface area is 150 Å². The van der Waals surface area contributed by atoms with Crippen LogP contribution in [0.4, 0.5) is 0 Å². The number of carbonyl (C=O) groups is 1. The molecule has 0 aliphatic rings. The minimum atomic E-state index is -0.418. The minimum Gasteiger partial charge on any atom is -0.464 e. The van der Waals surface area contributed by atoms with E-state index in [2.05, 4.69) is 4.98 Å². The van der Waals surface area contributed by atoms with Crippen molar-refractivity contribution < 1.29 is 18.4 Å². The SMILES string of the molecule is COC(=O)c1cc2oc(C)cc2n1Cc1nc(-c2ccccc2)oc1C. The summed E-state index contributed by atoms with van der Waals surface area (Å²) in [6, 6.07) is 13.3. The summed E-state index contributed by atoms with van der Waals surface area (Å²) < 4.78 is 18.2. The molecule has 0 N–H and O–H groups in total. The first-order valence-corrected chi connectivity index (χ1v) is 8.26. The molecule has 6 nitrogen and oxygen atoms in total. The van der Waals surface area contributed by atoms with Crippen LogP contribution in [0.15, 0.2) is 51.3 Å². The number of nitrogens with zero attached hydrogens (tertiary/aromatic N) is 2. The van der Waals surface area contributed by atoms with Crippen LogP contribution in [0.3, 0.4) is 0 Å². The molecule has 0 saturated heterocycles. The zero-order chi connectivity index (χ0) is 18.3. The summed E-state index contributed by atoms with van der Waals surface area (Å²) in [5.41, 5.74) is 3.56. The van der Waals surface area contributed by atoms with Gasteiger partial charge in [0.2, 0.25) is 5.89 Å². The number of furan rings is 1. The van der Waals surface area contributed by atoms with Gasteiger partial charge >= 0.3 is 5.97 Å². The molecule has 0 fully saturated rings. The fourth-order valence-electron chi connectivity index (χ4n) is 3.04. The highest BCUT2D eigenvalue weighted by Crippen LogP contribution is 2.27. The van der Waals surface area contributed by atoms with Gasteiger partial charge < -0.3 is 18.1 Å². The van der Waals surface area contributed by atoms with E-state index in [1.165, 1.54) is 7.11 Å². The largest absolute Gasteiger partial charge is 0.464 e. The molecule has 0 atom stereocenters. The van der Waals surface area contributed by atoms with E-state index in [1.54, 1.807) is 6.07 Å². The van der Waals surface area contributed by atoms with E-state index >= 15 is 0 Å². The van der Waals surface area contributed by atoms with Gasteiger partial charge in [0.05, 0.1) is 19.2 Å². The third kappa shape index (κ3) is 2.69. The highest BCUT2D eigenvalue weighted by molar-refractivity contribution is 5.94. The predicted octanol–water partition coefficient (Wildman–Crippen LogP) is 4.34. The molecule has 0 unspecified atom stereocenters. The maximum absolute atomic E-state index is 12.2. The van der Waals surface area contributed by atoms with Crippen LogP contribution in [0, 0.1) is 13.8 Å². The Balaban J connectivity index is 1.78. The Morgan fingerprint density at radius 3 is 2.65 bits per heavy atom. The van der Waals surface area contributed by atoms with Crippen LogP contribution in [0.25, 0.3) is 22.6 Å². The van der Waals surface area contributed by atoms with E-state index in [9.17, 15) is 4.79 Å². The van der Waals surface area contributed by atoms with Crippen molar-refractivity contribution in [1.82, 2.24) is 9.55 Å². The van der Waals surface area contributed by atoms with Crippen LogP contribution in [0.1, 0.15) is 27.7 Å². The number of hydrogen-bond acceptors (Lipinski definition) is 5. The van der Waals surface area contributed by atoms with E-state index < -0.39 is 5.97 Å². The second-order valence-corrected chi connectivity index (χ2v) is 6.10. The standard InChI is InChI=1S/C20H18N2O4/c1-12-9-16-18(25-12)10-17(20(23)24-3)22(16)11-15-13(2)26-19(21-15)14-7-5-4-6-8-14/h4-10H,11H2,1-3H3. The number of esters is 1. The summed E-state index contributed by atoms with van der Waals surface area (Å²) in [6.07, 6.45) is 0. The number of methoxy groups -OCH3 is 1. The molecule has 0 spiro atoms. The summed E-state index contributed by atoms with van der Waals surface area (Å²) in [4.78, 5) is 16.8. The molecule has 0 amide bonds. The van der Waals surface area contributed by atoms with Crippen molar-refractivity contribution in [3.63, 3.8) is 0 Å².